The van der Waals surface area contributed by atoms with Crippen molar-refractivity contribution < 1.29 is 4.79 Å². The van der Waals surface area contributed by atoms with Gasteiger partial charge in [0.05, 0.1) is 23.2 Å². The molecule has 2 rings (SSSR count). The molecule has 1 aliphatic heterocycles. The zero-order valence-corrected chi connectivity index (χ0v) is 12.6. The highest BCUT2D eigenvalue weighted by Crippen LogP contribution is 2.33. The normalized spacial score (nSPS) is 23.3. The summed E-state index contributed by atoms with van der Waals surface area (Å²) in [6, 6.07) is 0. The number of aromatic nitrogens is 1. The molecule has 19 heavy (non-hydrogen) atoms. The first-order valence-corrected chi connectivity index (χ1v) is 7.95. The lowest BCUT2D eigenvalue weighted by Crippen LogP contribution is -2.50. The number of amides is 1. The van der Waals surface area contributed by atoms with Crippen LogP contribution >= 0.6 is 11.3 Å². The van der Waals surface area contributed by atoms with Crippen molar-refractivity contribution in [2.24, 2.45) is 5.41 Å². The van der Waals surface area contributed by atoms with Crippen LogP contribution in [-0.2, 0) is 11.3 Å². The number of piperidine rings is 1. The van der Waals surface area contributed by atoms with Crippen LogP contribution in [0.2, 0.25) is 0 Å². The Kier molecular flexibility index (Phi) is 4.93. The number of nitrogens with one attached hydrogen (secondary N) is 1. The zero-order valence-electron chi connectivity index (χ0n) is 11.8. The summed E-state index contributed by atoms with van der Waals surface area (Å²) >= 11 is 1.58. The van der Waals surface area contributed by atoms with Gasteiger partial charge in [-0.2, -0.15) is 0 Å². The number of carbonyl (C=O) groups is 1. The monoisotopic (exact) mass is 281 g/mol. The molecule has 5 heteroatoms. The minimum Gasteiger partial charge on any atom is -0.339 e. The van der Waals surface area contributed by atoms with Crippen molar-refractivity contribution in [3.63, 3.8) is 0 Å². The molecule has 1 amide bonds. The molecule has 0 spiro atoms. The Hall–Kier alpha value is -0.940. The van der Waals surface area contributed by atoms with Gasteiger partial charge in [0.1, 0.15) is 0 Å². The summed E-state index contributed by atoms with van der Waals surface area (Å²) in [5.41, 5.74) is 2.60. The van der Waals surface area contributed by atoms with E-state index in [1.807, 2.05) is 22.8 Å². The Morgan fingerprint density at radius 2 is 2.47 bits per heavy atom. The lowest BCUT2D eigenvalue weighted by molar-refractivity contribution is -0.143. The molecule has 0 aromatic carbocycles. The van der Waals surface area contributed by atoms with Crippen molar-refractivity contribution in [2.45, 2.75) is 39.2 Å². The molecule has 0 saturated carbocycles. The van der Waals surface area contributed by atoms with Gasteiger partial charge in [-0.1, -0.05) is 13.3 Å². The molecule has 1 aromatic heterocycles. The van der Waals surface area contributed by atoms with Crippen LogP contribution in [-0.4, -0.2) is 35.9 Å². The number of thiazole rings is 1. The number of hydrogen-bond donors (Lipinski definition) is 1. The molecule has 2 heterocycles. The summed E-state index contributed by atoms with van der Waals surface area (Å²) in [5, 5.41) is 5.40. The fourth-order valence-electron chi connectivity index (χ4n) is 2.98. The first-order chi connectivity index (χ1) is 9.18. The highest BCUT2D eigenvalue weighted by molar-refractivity contribution is 7.07. The molecule has 4 nitrogen and oxygen atoms in total. The van der Waals surface area contributed by atoms with Gasteiger partial charge in [-0.25, -0.2) is 4.98 Å². The van der Waals surface area contributed by atoms with E-state index in [0.29, 0.717) is 6.54 Å². The molecule has 1 fully saturated rings. The maximum absolute atomic E-state index is 12.8. The molecule has 1 aliphatic rings. The van der Waals surface area contributed by atoms with E-state index in [1.54, 1.807) is 11.3 Å². The average molecular weight is 281 g/mol. The predicted octanol–water partition coefficient (Wildman–Crippen LogP) is 2.27. The third-order valence-corrected chi connectivity index (χ3v) is 4.52. The van der Waals surface area contributed by atoms with Gasteiger partial charge < -0.3 is 10.2 Å². The van der Waals surface area contributed by atoms with E-state index < -0.39 is 0 Å². The van der Waals surface area contributed by atoms with Crippen LogP contribution in [0.25, 0.3) is 0 Å². The molecule has 0 aliphatic carbocycles. The molecule has 0 bridgehead atoms. The molecule has 1 saturated heterocycles. The molecule has 1 aromatic rings. The van der Waals surface area contributed by atoms with Crippen molar-refractivity contribution in [1.29, 1.82) is 0 Å². The van der Waals surface area contributed by atoms with Crippen LogP contribution in [0.4, 0.5) is 0 Å². The summed E-state index contributed by atoms with van der Waals surface area (Å²) in [6.07, 6.45) is 4.13. The Labute approximate surface area is 119 Å². The number of nitrogens with zero attached hydrogens (tertiary/aromatic N) is 2. The summed E-state index contributed by atoms with van der Waals surface area (Å²) in [7, 11) is 1.90. The van der Waals surface area contributed by atoms with E-state index in [-0.39, 0.29) is 11.3 Å². The standard InChI is InChI=1S/C14H23N3OS/c1-3-5-14(6-4-7-15-10-14)13(18)17(2)8-12-9-19-11-16-12/h9,11,15H,3-8,10H2,1-2H3. The molecular weight excluding hydrogens is 258 g/mol. The highest BCUT2D eigenvalue weighted by Gasteiger charge is 2.40. The maximum Gasteiger partial charge on any atom is 0.230 e. The van der Waals surface area contributed by atoms with Crippen LogP contribution in [0.1, 0.15) is 38.3 Å². The van der Waals surface area contributed by atoms with Crippen molar-refractivity contribution in [3.05, 3.63) is 16.6 Å². The van der Waals surface area contributed by atoms with Crippen LogP contribution in [0.15, 0.2) is 10.9 Å². The smallest absolute Gasteiger partial charge is 0.230 e. The first-order valence-electron chi connectivity index (χ1n) is 7.01. The van der Waals surface area contributed by atoms with Crippen LogP contribution in [0.3, 0.4) is 0 Å². The quantitative estimate of drug-likeness (QED) is 0.900. The van der Waals surface area contributed by atoms with Gasteiger partial charge in [-0.05, 0) is 25.8 Å². The second-order valence-electron chi connectivity index (χ2n) is 5.45. The van der Waals surface area contributed by atoms with Gasteiger partial charge in [0.25, 0.3) is 0 Å². The fourth-order valence-corrected chi connectivity index (χ4v) is 3.53. The number of hydrogen-bond acceptors (Lipinski definition) is 4. The van der Waals surface area contributed by atoms with E-state index in [4.69, 9.17) is 0 Å². The van der Waals surface area contributed by atoms with Gasteiger partial charge in [-0.3, -0.25) is 4.79 Å². The Morgan fingerprint density at radius 1 is 1.63 bits per heavy atom. The predicted molar refractivity (Wildman–Crippen MR) is 78.0 cm³/mol. The zero-order chi connectivity index (χ0) is 13.7. The van der Waals surface area contributed by atoms with Crippen molar-refractivity contribution in [3.8, 4) is 0 Å². The SMILES string of the molecule is CCCC1(C(=O)N(C)Cc2cscn2)CCCNC1. The average Bonchev–Trinajstić information content (AvgIpc) is 2.92. The Balaban J connectivity index is 2.05. The molecule has 1 atom stereocenters. The van der Waals surface area contributed by atoms with E-state index >= 15 is 0 Å². The van der Waals surface area contributed by atoms with Crippen molar-refractivity contribution >= 4 is 17.2 Å². The highest BCUT2D eigenvalue weighted by atomic mass is 32.1. The van der Waals surface area contributed by atoms with E-state index in [9.17, 15) is 4.79 Å². The number of carbonyl (C=O) groups excluding carboxylic acids is 1. The molecule has 1 unspecified atom stereocenters. The van der Waals surface area contributed by atoms with E-state index in [2.05, 4.69) is 17.2 Å². The minimum atomic E-state index is -0.197. The minimum absolute atomic E-state index is 0.197. The van der Waals surface area contributed by atoms with Gasteiger partial charge in [-0.15, -0.1) is 11.3 Å². The van der Waals surface area contributed by atoms with Gasteiger partial charge in [0, 0.05) is 19.0 Å². The third-order valence-electron chi connectivity index (χ3n) is 3.88. The topological polar surface area (TPSA) is 45.2 Å². The van der Waals surface area contributed by atoms with Crippen LogP contribution in [0, 0.1) is 5.41 Å². The molecule has 106 valence electrons. The van der Waals surface area contributed by atoms with Gasteiger partial charge >= 0.3 is 0 Å². The second kappa shape index (κ2) is 6.48. The van der Waals surface area contributed by atoms with Crippen molar-refractivity contribution in [1.82, 2.24) is 15.2 Å². The molecule has 1 N–H and O–H groups in total. The van der Waals surface area contributed by atoms with Gasteiger partial charge in [0.2, 0.25) is 5.91 Å². The Bertz CT molecular complexity index is 393. The summed E-state index contributed by atoms with van der Waals surface area (Å²) in [5.74, 6) is 0.273. The van der Waals surface area contributed by atoms with Crippen molar-refractivity contribution in [2.75, 3.05) is 20.1 Å². The number of rotatable bonds is 5. The Morgan fingerprint density at radius 3 is 3.05 bits per heavy atom. The lowest BCUT2D eigenvalue weighted by atomic mass is 9.76. The van der Waals surface area contributed by atoms with Crippen LogP contribution in [0.5, 0.6) is 0 Å². The maximum atomic E-state index is 12.8. The largest absolute Gasteiger partial charge is 0.339 e. The summed E-state index contributed by atoms with van der Waals surface area (Å²) < 4.78 is 0. The summed E-state index contributed by atoms with van der Waals surface area (Å²) in [4.78, 5) is 18.9. The lowest BCUT2D eigenvalue weighted by Gasteiger charge is -2.39. The molecular formula is C14H23N3OS. The van der Waals surface area contributed by atoms with E-state index in [1.165, 1.54) is 0 Å². The molecule has 0 radical (unpaired) electrons. The van der Waals surface area contributed by atoms with E-state index in [0.717, 1.165) is 44.5 Å². The van der Waals surface area contributed by atoms with Crippen LogP contribution < -0.4 is 5.32 Å². The summed E-state index contributed by atoms with van der Waals surface area (Å²) in [6.45, 7) is 4.63. The third kappa shape index (κ3) is 3.34. The fraction of sp³-hybridized carbons (Fsp3) is 0.714. The van der Waals surface area contributed by atoms with Gasteiger partial charge in [0.15, 0.2) is 0 Å². The first kappa shape index (κ1) is 14.5. The second-order valence-corrected chi connectivity index (χ2v) is 6.17.